The molecule has 11 heteroatoms. The first-order valence-corrected chi connectivity index (χ1v) is 8.75. The fourth-order valence-corrected chi connectivity index (χ4v) is 2.32. The SMILES string of the molecule is COc1cnc(Oc2ccc(-c3nc(N[C@@H](C)C(N)=O)cc(C(N)=O)n3)cc2)cn1. The van der Waals surface area contributed by atoms with Crippen LogP contribution in [-0.4, -0.2) is 44.9 Å². The van der Waals surface area contributed by atoms with Crippen LogP contribution in [0.25, 0.3) is 11.4 Å². The van der Waals surface area contributed by atoms with E-state index < -0.39 is 17.9 Å². The zero-order chi connectivity index (χ0) is 21.7. The molecule has 2 aromatic heterocycles. The molecule has 0 fully saturated rings. The van der Waals surface area contributed by atoms with Crippen LogP contribution in [-0.2, 0) is 4.79 Å². The molecule has 0 unspecified atom stereocenters. The lowest BCUT2D eigenvalue weighted by molar-refractivity contribution is -0.118. The minimum Gasteiger partial charge on any atom is -0.480 e. The van der Waals surface area contributed by atoms with Crippen LogP contribution in [0.2, 0.25) is 0 Å². The summed E-state index contributed by atoms with van der Waals surface area (Å²) in [5.74, 6) is 0.354. The molecule has 2 heterocycles. The van der Waals surface area contributed by atoms with Crippen LogP contribution in [0.4, 0.5) is 5.82 Å². The van der Waals surface area contributed by atoms with Crippen molar-refractivity contribution in [2.75, 3.05) is 12.4 Å². The summed E-state index contributed by atoms with van der Waals surface area (Å²) < 4.78 is 10.6. The molecule has 11 nitrogen and oxygen atoms in total. The van der Waals surface area contributed by atoms with Gasteiger partial charge in [0, 0.05) is 11.6 Å². The van der Waals surface area contributed by atoms with Crippen LogP contribution in [0.3, 0.4) is 0 Å². The van der Waals surface area contributed by atoms with Crippen molar-refractivity contribution in [1.29, 1.82) is 0 Å². The van der Waals surface area contributed by atoms with Gasteiger partial charge in [-0.25, -0.2) is 19.9 Å². The zero-order valence-corrected chi connectivity index (χ0v) is 16.2. The van der Waals surface area contributed by atoms with Crippen molar-refractivity contribution in [3.8, 4) is 28.9 Å². The molecule has 154 valence electrons. The number of carbonyl (C=O) groups is 2. The van der Waals surface area contributed by atoms with E-state index in [2.05, 4.69) is 25.3 Å². The third-order valence-electron chi connectivity index (χ3n) is 3.92. The van der Waals surface area contributed by atoms with Crippen LogP contribution in [0.5, 0.6) is 17.5 Å². The number of primary amides is 2. The van der Waals surface area contributed by atoms with Gasteiger partial charge >= 0.3 is 0 Å². The number of hydrogen-bond acceptors (Lipinski definition) is 9. The molecule has 5 N–H and O–H groups in total. The first-order valence-electron chi connectivity index (χ1n) is 8.75. The lowest BCUT2D eigenvalue weighted by Gasteiger charge is -2.13. The highest BCUT2D eigenvalue weighted by Crippen LogP contribution is 2.24. The van der Waals surface area contributed by atoms with Gasteiger partial charge in [0.25, 0.3) is 5.91 Å². The largest absolute Gasteiger partial charge is 0.480 e. The second-order valence-electron chi connectivity index (χ2n) is 6.12. The molecule has 0 spiro atoms. The number of amides is 2. The first kappa shape index (κ1) is 20.5. The normalized spacial score (nSPS) is 11.4. The molecule has 0 saturated carbocycles. The van der Waals surface area contributed by atoms with E-state index in [1.165, 1.54) is 25.6 Å². The minimum absolute atomic E-state index is 0.00648. The Morgan fingerprint density at radius 2 is 1.70 bits per heavy atom. The van der Waals surface area contributed by atoms with Crippen LogP contribution >= 0.6 is 0 Å². The van der Waals surface area contributed by atoms with E-state index in [1.54, 1.807) is 31.2 Å². The first-order chi connectivity index (χ1) is 14.4. The Labute approximate surface area is 171 Å². The topological polar surface area (TPSA) is 168 Å². The second kappa shape index (κ2) is 8.82. The molecule has 0 aliphatic carbocycles. The molecular formula is C19H19N7O4. The summed E-state index contributed by atoms with van der Waals surface area (Å²) in [6.07, 6.45) is 2.87. The smallest absolute Gasteiger partial charge is 0.267 e. The van der Waals surface area contributed by atoms with Gasteiger partial charge in [0.15, 0.2) is 5.82 Å². The Morgan fingerprint density at radius 3 is 2.27 bits per heavy atom. The van der Waals surface area contributed by atoms with E-state index in [1.807, 2.05) is 0 Å². The molecule has 0 bridgehead atoms. The Hall–Kier alpha value is -4.28. The molecule has 3 rings (SSSR count). The number of methoxy groups -OCH3 is 1. The van der Waals surface area contributed by atoms with Gasteiger partial charge in [-0.05, 0) is 31.2 Å². The molecule has 2 amide bonds. The van der Waals surface area contributed by atoms with Crippen LogP contribution in [0.1, 0.15) is 17.4 Å². The van der Waals surface area contributed by atoms with Gasteiger partial charge in [0.2, 0.25) is 17.7 Å². The molecule has 1 aromatic carbocycles. The summed E-state index contributed by atoms with van der Waals surface area (Å²) >= 11 is 0. The van der Waals surface area contributed by atoms with E-state index in [-0.39, 0.29) is 17.3 Å². The van der Waals surface area contributed by atoms with Crippen molar-refractivity contribution in [2.24, 2.45) is 11.5 Å². The molecule has 30 heavy (non-hydrogen) atoms. The number of nitrogens with one attached hydrogen (secondary N) is 1. The molecule has 1 atom stereocenters. The summed E-state index contributed by atoms with van der Waals surface area (Å²) in [7, 11) is 1.49. The number of ether oxygens (including phenoxy) is 2. The van der Waals surface area contributed by atoms with Gasteiger partial charge in [-0.3, -0.25) is 9.59 Å². The summed E-state index contributed by atoms with van der Waals surface area (Å²) in [5, 5.41) is 2.82. The lowest BCUT2D eigenvalue weighted by atomic mass is 10.2. The highest BCUT2D eigenvalue weighted by molar-refractivity contribution is 5.92. The lowest BCUT2D eigenvalue weighted by Crippen LogP contribution is -2.33. The standard InChI is InChI=1S/C19H19N7O4/c1-10(17(20)27)24-14-7-13(18(21)28)25-19(26-14)11-3-5-12(6-4-11)30-16-9-22-15(29-2)8-23-16/h3-10H,1-2H3,(H2,20,27)(H2,21,28)(H,24,25,26)/t10-/m0/s1. The van der Waals surface area contributed by atoms with Crippen molar-refractivity contribution in [1.82, 2.24) is 19.9 Å². The molecule has 0 saturated heterocycles. The quantitative estimate of drug-likeness (QED) is 0.493. The fraction of sp³-hybridized carbons (Fsp3) is 0.158. The summed E-state index contributed by atoms with van der Waals surface area (Å²) in [4.78, 5) is 39.5. The Morgan fingerprint density at radius 1 is 1.03 bits per heavy atom. The zero-order valence-electron chi connectivity index (χ0n) is 16.2. The third-order valence-corrected chi connectivity index (χ3v) is 3.92. The predicted molar refractivity (Wildman–Crippen MR) is 107 cm³/mol. The van der Waals surface area contributed by atoms with Gasteiger partial charge in [-0.15, -0.1) is 0 Å². The number of nitrogens with two attached hydrogens (primary N) is 2. The predicted octanol–water partition coefficient (Wildman–Crippen LogP) is 1.12. The van der Waals surface area contributed by atoms with E-state index in [4.69, 9.17) is 20.9 Å². The van der Waals surface area contributed by atoms with E-state index in [9.17, 15) is 9.59 Å². The van der Waals surface area contributed by atoms with E-state index in [0.29, 0.717) is 23.1 Å². The van der Waals surface area contributed by atoms with Crippen molar-refractivity contribution >= 4 is 17.6 Å². The monoisotopic (exact) mass is 409 g/mol. The number of hydrogen-bond donors (Lipinski definition) is 3. The maximum atomic E-state index is 11.6. The molecule has 3 aromatic rings. The molecule has 0 radical (unpaired) electrons. The third kappa shape index (κ3) is 4.95. The Kier molecular flexibility index (Phi) is 6.01. The highest BCUT2D eigenvalue weighted by atomic mass is 16.5. The number of benzene rings is 1. The van der Waals surface area contributed by atoms with Crippen molar-refractivity contribution < 1.29 is 19.1 Å². The highest BCUT2D eigenvalue weighted by Gasteiger charge is 2.14. The van der Waals surface area contributed by atoms with Crippen LogP contribution in [0, 0.1) is 0 Å². The summed E-state index contributed by atoms with van der Waals surface area (Å²) in [6, 6.07) is 7.42. The number of carbonyl (C=O) groups excluding carboxylic acids is 2. The average molecular weight is 409 g/mol. The van der Waals surface area contributed by atoms with Gasteiger partial charge in [0.05, 0.1) is 19.5 Å². The number of rotatable bonds is 8. The van der Waals surface area contributed by atoms with Gasteiger partial charge in [-0.1, -0.05) is 0 Å². The van der Waals surface area contributed by atoms with E-state index in [0.717, 1.165) is 0 Å². The van der Waals surface area contributed by atoms with Crippen molar-refractivity contribution in [3.05, 3.63) is 48.4 Å². The minimum atomic E-state index is -0.730. The summed E-state index contributed by atoms with van der Waals surface area (Å²) in [6.45, 7) is 1.57. The Balaban J connectivity index is 1.84. The van der Waals surface area contributed by atoms with Gasteiger partial charge in [-0.2, -0.15) is 0 Å². The second-order valence-corrected chi connectivity index (χ2v) is 6.12. The van der Waals surface area contributed by atoms with Crippen molar-refractivity contribution in [2.45, 2.75) is 13.0 Å². The average Bonchev–Trinajstić information content (AvgIpc) is 2.74. The maximum absolute atomic E-state index is 11.6. The van der Waals surface area contributed by atoms with Crippen LogP contribution in [0.15, 0.2) is 42.7 Å². The number of nitrogens with zero attached hydrogens (tertiary/aromatic N) is 4. The van der Waals surface area contributed by atoms with Gasteiger partial charge < -0.3 is 26.3 Å². The Bertz CT molecular complexity index is 1060. The number of aromatic nitrogens is 4. The fourth-order valence-electron chi connectivity index (χ4n) is 2.32. The molecule has 0 aliphatic heterocycles. The van der Waals surface area contributed by atoms with Crippen LogP contribution < -0.4 is 26.3 Å². The number of anilines is 1. The molecular weight excluding hydrogens is 390 g/mol. The molecule has 0 aliphatic rings. The van der Waals surface area contributed by atoms with Gasteiger partial charge in [0.1, 0.15) is 23.3 Å². The van der Waals surface area contributed by atoms with Crippen molar-refractivity contribution in [3.63, 3.8) is 0 Å². The van der Waals surface area contributed by atoms with E-state index >= 15 is 0 Å². The summed E-state index contributed by atoms with van der Waals surface area (Å²) in [5.41, 5.74) is 11.2. The maximum Gasteiger partial charge on any atom is 0.267 e.